The molecule has 0 spiro atoms. The molecular weight excluding hydrogens is 375 g/mol. The molecule has 2 saturated carbocycles. The molecule has 1 aromatic carbocycles. The lowest BCUT2D eigenvalue weighted by molar-refractivity contribution is -0.142. The molecule has 0 aromatic heterocycles. The Balaban J connectivity index is 1.33. The number of carbonyl (C=O) groups excluding carboxylic acids is 3. The largest absolute Gasteiger partial charge is 0.323 e. The van der Waals surface area contributed by atoms with Crippen LogP contribution in [0.2, 0.25) is 10.0 Å². The van der Waals surface area contributed by atoms with E-state index in [0.717, 1.165) is 11.3 Å². The van der Waals surface area contributed by atoms with E-state index in [2.05, 4.69) is 17.5 Å². The zero-order chi connectivity index (χ0) is 18.2. The normalized spacial score (nSPS) is 36.2. The Morgan fingerprint density at radius 3 is 2.27 bits per heavy atom. The van der Waals surface area contributed by atoms with E-state index in [1.165, 1.54) is 6.07 Å². The van der Waals surface area contributed by atoms with Gasteiger partial charge in [-0.25, -0.2) is 0 Å². The molecule has 3 amide bonds. The van der Waals surface area contributed by atoms with Crippen LogP contribution in [-0.2, 0) is 14.4 Å². The van der Waals surface area contributed by atoms with Gasteiger partial charge in [0.05, 0.1) is 22.5 Å². The summed E-state index contributed by atoms with van der Waals surface area (Å²) in [5, 5.41) is 3.42. The van der Waals surface area contributed by atoms with Gasteiger partial charge in [-0.3, -0.25) is 19.3 Å². The zero-order valence-corrected chi connectivity index (χ0v) is 15.2. The first-order valence-corrected chi connectivity index (χ1v) is 9.50. The fourth-order valence-electron chi connectivity index (χ4n) is 5.10. The van der Waals surface area contributed by atoms with Crippen LogP contribution in [0.5, 0.6) is 0 Å². The van der Waals surface area contributed by atoms with Crippen molar-refractivity contribution in [3.63, 3.8) is 0 Å². The maximum Gasteiger partial charge on any atom is 0.244 e. The highest BCUT2D eigenvalue weighted by molar-refractivity contribution is 6.36. The fourth-order valence-corrected chi connectivity index (χ4v) is 5.55. The van der Waals surface area contributed by atoms with E-state index in [1.54, 1.807) is 12.1 Å². The predicted octanol–water partition coefficient (Wildman–Crippen LogP) is 2.99. The Bertz CT molecular complexity index is 848. The molecule has 4 aliphatic carbocycles. The molecule has 5 nitrogen and oxygen atoms in total. The van der Waals surface area contributed by atoms with Crippen LogP contribution in [0.15, 0.2) is 30.4 Å². The lowest BCUT2D eigenvalue weighted by atomic mass is 9.63. The summed E-state index contributed by atoms with van der Waals surface area (Å²) in [6, 6.07) is 4.72. The number of hydrogen-bond donors (Lipinski definition) is 1. The van der Waals surface area contributed by atoms with E-state index in [1.807, 2.05) is 0 Å². The average molecular weight is 391 g/mol. The molecule has 1 heterocycles. The smallest absolute Gasteiger partial charge is 0.244 e. The number of carbonyl (C=O) groups is 3. The number of amides is 3. The van der Waals surface area contributed by atoms with Gasteiger partial charge in [0.25, 0.3) is 0 Å². The summed E-state index contributed by atoms with van der Waals surface area (Å²) < 4.78 is 0. The molecule has 2 bridgehead atoms. The van der Waals surface area contributed by atoms with Gasteiger partial charge in [-0.1, -0.05) is 35.4 Å². The van der Waals surface area contributed by atoms with Gasteiger partial charge < -0.3 is 5.32 Å². The van der Waals surface area contributed by atoms with Crippen molar-refractivity contribution in [2.24, 2.45) is 35.5 Å². The lowest BCUT2D eigenvalue weighted by Crippen LogP contribution is -2.40. The third-order valence-corrected chi connectivity index (χ3v) is 6.81. The molecule has 26 heavy (non-hydrogen) atoms. The second kappa shape index (κ2) is 5.57. The second-order valence-electron chi connectivity index (χ2n) is 7.59. The number of rotatable bonds is 3. The predicted molar refractivity (Wildman–Crippen MR) is 96.5 cm³/mol. The summed E-state index contributed by atoms with van der Waals surface area (Å²) >= 11 is 11.9. The summed E-state index contributed by atoms with van der Waals surface area (Å²) in [7, 11) is 0. The van der Waals surface area contributed by atoms with Gasteiger partial charge in [-0.05, 0) is 48.3 Å². The first-order chi connectivity index (χ1) is 12.5. The quantitative estimate of drug-likeness (QED) is 0.637. The highest BCUT2D eigenvalue weighted by Crippen LogP contribution is 2.65. The molecule has 134 valence electrons. The molecule has 0 unspecified atom stereocenters. The number of benzene rings is 1. The van der Waals surface area contributed by atoms with Crippen LogP contribution < -0.4 is 5.32 Å². The minimum atomic E-state index is -0.444. The van der Waals surface area contributed by atoms with Crippen molar-refractivity contribution in [3.8, 4) is 0 Å². The van der Waals surface area contributed by atoms with E-state index in [0.29, 0.717) is 27.6 Å². The minimum Gasteiger partial charge on any atom is -0.323 e. The number of allylic oxidation sites excluding steroid dienone is 2. The number of nitrogens with zero attached hydrogens (tertiary/aromatic N) is 1. The van der Waals surface area contributed by atoms with Crippen LogP contribution in [0.4, 0.5) is 5.69 Å². The Hall–Kier alpha value is -1.85. The lowest BCUT2D eigenvalue weighted by Gasteiger charge is -2.37. The number of imide groups is 1. The summed E-state index contributed by atoms with van der Waals surface area (Å²) in [6.45, 7) is -0.279. The Morgan fingerprint density at radius 2 is 1.69 bits per heavy atom. The third kappa shape index (κ3) is 2.26. The van der Waals surface area contributed by atoms with Crippen molar-refractivity contribution >= 4 is 46.6 Å². The van der Waals surface area contributed by atoms with Crippen LogP contribution in [0, 0.1) is 35.5 Å². The zero-order valence-electron chi connectivity index (χ0n) is 13.7. The van der Waals surface area contributed by atoms with Crippen LogP contribution in [0.3, 0.4) is 0 Å². The highest BCUT2D eigenvalue weighted by atomic mass is 35.5. The number of likely N-dealkylation sites (tertiary alicyclic amines) is 1. The summed E-state index contributed by atoms with van der Waals surface area (Å²) in [5.74, 6) is -0.0183. The monoisotopic (exact) mass is 390 g/mol. The Labute approximate surface area is 160 Å². The van der Waals surface area contributed by atoms with Gasteiger partial charge in [0, 0.05) is 5.02 Å². The van der Waals surface area contributed by atoms with E-state index in [4.69, 9.17) is 23.2 Å². The van der Waals surface area contributed by atoms with Crippen molar-refractivity contribution in [1.29, 1.82) is 0 Å². The number of nitrogens with one attached hydrogen (secondary N) is 1. The summed E-state index contributed by atoms with van der Waals surface area (Å²) in [4.78, 5) is 39.2. The standard InChI is InChI=1S/C19H16Cl2N2O3/c20-8-1-4-14(13(21)5-8)22-15(24)7-23-18(25)16-9-2-3-10(12-6-11(9)12)17(16)19(23)26/h1-5,9-12,16-17H,6-7H2,(H,22,24)/t9-,10+,11+,12-,16+,17-. The van der Waals surface area contributed by atoms with Crippen LogP contribution in [0.25, 0.3) is 0 Å². The van der Waals surface area contributed by atoms with Crippen LogP contribution in [0.1, 0.15) is 6.42 Å². The molecule has 1 aliphatic heterocycles. The molecule has 5 aliphatic rings. The first-order valence-electron chi connectivity index (χ1n) is 8.74. The molecule has 1 aromatic rings. The van der Waals surface area contributed by atoms with Crippen LogP contribution >= 0.6 is 23.2 Å². The van der Waals surface area contributed by atoms with Crippen molar-refractivity contribution in [3.05, 3.63) is 40.4 Å². The summed E-state index contributed by atoms with van der Waals surface area (Å²) in [6.07, 6.45) is 5.34. The molecule has 3 fully saturated rings. The van der Waals surface area contributed by atoms with Crippen molar-refractivity contribution in [1.82, 2.24) is 4.90 Å². The van der Waals surface area contributed by atoms with Gasteiger partial charge in [0.2, 0.25) is 17.7 Å². The molecule has 6 atom stereocenters. The van der Waals surface area contributed by atoms with E-state index in [-0.39, 0.29) is 42.0 Å². The third-order valence-electron chi connectivity index (χ3n) is 6.26. The average Bonchev–Trinajstić information content (AvgIpc) is 3.39. The SMILES string of the molecule is O=C(CN1C(=O)[C@@H]2[C@H]3C=C[C@H]([C@@H]4C[C@H]34)[C@@H]2C1=O)Nc1ccc(Cl)cc1Cl. The first kappa shape index (κ1) is 16.3. The molecular formula is C19H16Cl2N2O3. The van der Waals surface area contributed by atoms with E-state index < -0.39 is 5.91 Å². The Kier molecular flexibility index (Phi) is 3.50. The fraction of sp³-hybridized carbons (Fsp3) is 0.421. The van der Waals surface area contributed by atoms with Gasteiger partial charge in [-0.15, -0.1) is 0 Å². The van der Waals surface area contributed by atoms with Gasteiger partial charge in [0.15, 0.2) is 0 Å². The van der Waals surface area contributed by atoms with E-state index in [9.17, 15) is 14.4 Å². The number of halogens is 2. The Morgan fingerprint density at radius 1 is 1.08 bits per heavy atom. The second-order valence-corrected chi connectivity index (χ2v) is 8.43. The highest BCUT2D eigenvalue weighted by Gasteiger charge is 2.67. The van der Waals surface area contributed by atoms with Gasteiger partial charge in [-0.2, -0.15) is 0 Å². The van der Waals surface area contributed by atoms with Crippen LogP contribution in [-0.4, -0.2) is 29.2 Å². The maximum absolute atomic E-state index is 12.9. The number of hydrogen-bond acceptors (Lipinski definition) is 3. The summed E-state index contributed by atoms with van der Waals surface area (Å²) in [5.41, 5.74) is 0.403. The van der Waals surface area contributed by atoms with Crippen molar-refractivity contribution < 1.29 is 14.4 Å². The molecule has 6 rings (SSSR count). The van der Waals surface area contributed by atoms with E-state index >= 15 is 0 Å². The number of anilines is 1. The molecule has 1 N–H and O–H groups in total. The van der Waals surface area contributed by atoms with Gasteiger partial charge in [0.1, 0.15) is 6.54 Å². The minimum absolute atomic E-state index is 0.158. The topological polar surface area (TPSA) is 66.5 Å². The molecule has 0 radical (unpaired) electrons. The molecule has 7 heteroatoms. The van der Waals surface area contributed by atoms with Gasteiger partial charge >= 0.3 is 0 Å². The molecule has 1 saturated heterocycles. The maximum atomic E-state index is 12.9. The van der Waals surface area contributed by atoms with Crippen molar-refractivity contribution in [2.75, 3.05) is 11.9 Å². The van der Waals surface area contributed by atoms with Crippen molar-refractivity contribution in [2.45, 2.75) is 6.42 Å².